The smallest absolute Gasteiger partial charge is 0.406 e. The second kappa shape index (κ2) is 13.1. The van der Waals surface area contributed by atoms with Crippen LogP contribution in [-0.4, -0.2) is 94.6 Å². The van der Waals surface area contributed by atoms with Crippen LogP contribution in [0.4, 0.5) is 19.0 Å². The van der Waals surface area contributed by atoms with Crippen LogP contribution in [0.2, 0.25) is 0 Å². The van der Waals surface area contributed by atoms with Gasteiger partial charge in [-0.25, -0.2) is 9.97 Å². The summed E-state index contributed by atoms with van der Waals surface area (Å²) < 4.78 is 41.2. The number of nitrogens with one attached hydrogen (secondary N) is 1. The molecule has 220 valence electrons. The topological polar surface area (TPSA) is 94.1 Å². The van der Waals surface area contributed by atoms with Gasteiger partial charge in [0.2, 0.25) is 0 Å². The highest BCUT2D eigenvalue weighted by molar-refractivity contribution is 5.92. The molecule has 2 aliphatic heterocycles. The first-order chi connectivity index (χ1) is 19.1. The predicted octanol–water partition coefficient (Wildman–Crippen LogP) is 3.36. The van der Waals surface area contributed by atoms with E-state index in [1.54, 1.807) is 12.1 Å². The van der Waals surface area contributed by atoms with Gasteiger partial charge in [-0.15, -0.1) is 13.2 Å². The number of likely N-dealkylation sites (tertiary alicyclic amines) is 1. The van der Waals surface area contributed by atoms with E-state index in [4.69, 9.17) is 5.11 Å². The lowest BCUT2D eigenvalue weighted by Crippen LogP contribution is -2.61. The number of amides is 1. The number of aryl methyl sites for hydroxylation is 1. The summed E-state index contributed by atoms with van der Waals surface area (Å²) in [7, 11) is 0. The summed E-state index contributed by atoms with van der Waals surface area (Å²) >= 11 is 0. The van der Waals surface area contributed by atoms with Crippen LogP contribution in [0.25, 0.3) is 0 Å². The Kier molecular flexibility index (Phi) is 9.85. The lowest BCUT2D eigenvalue weighted by molar-refractivity contribution is -0.274. The first-order valence-corrected chi connectivity index (χ1v) is 13.9. The molecule has 2 saturated heterocycles. The number of rotatable bonds is 9. The molecule has 0 aliphatic carbocycles. The first kappa shape index (κ1) is 30.0. The van der Waals surface area contributed by atoms with E-state index in [1.807, 2.05) is 6.92 Å². The number of nitrogens with zero attached hydrogens (tertiary/aromatic N) is 5. The number of carbonyl (C=O) groups is 1. The van der Waals surface area contributed by atoms with Gasteiger partial charge >= 0.3 is 6.36 Å². The Hall–Kier alpha value is -2.96. The monoisotopic (exact) mass is 564 g/mol. The number of halogens is 3. The fourth-order valence-corrected chi connectivity index (χ4v) is 5.76. The highest BCUT2D eigenvalue weighted by Gasteiger charge is 2.37. The molecule has 3 heterocycles. The van der Waals surface area contributed by atoms with Crippen LogP contribution in [0.5, 0.6) is 5.75 Å². The summed E-state index contributed by atoms with van der Waals surface area (Å²) in [4.78, 5) is 28.6. The van der Waals surface area contributed by atoms with Crippen molar-refractivity contribution in [3.63, 3.8) is 0 Å². The van der Waals surface area contributed by atoms with E-state index in [2.05, 4.69) is 48.6 Å². The number of carbonyl (C=O) groups excluding carboxylic acids is 1. The lowest BCUT2D eigenvalue weighted by Gasteiger charge is -2.50. The summed E-state index contributed by atoms with van der Waals surface area (Å²) in [6.45, 7) is 10.6. The number of aliphatic hydroxyl groups excluding tert-OH is 1. The molecule has 0 spiro atoms. The van der Waals surface area contributed by atoms with Crippen LogP contribution in [0.15, 0.2) is 30.5 Å². The third-order valence-corrected chi connectivity index (χ3v) is 7.77. The summed E-state index contributed by atoms with van der Waals surface area (Å²) in [5, 5.41) is 11.5. The van der Waals surface area contributed by atoms with Gasteiger partial charge < -0.3 is 20.1 Å². The number of anilines is 1. The third-order valence-electron chi connectivity index (χ3n) is 7.77. The largest absolute Gasteiger partial charge is 0.573 e. The minimum absolute atomic E-state index is 0.132. The molecule has 1 aromatic carbocycles. The van der Waals surface area contributed by atoms with E-state index < -0.39 is 6.36 Å². The SMILES string of the molecule is CC[C@H]1CN(c2ncc(C(=O)NCCO)nc2C)[C@H](C)CN1C1CCN(Cc2ccc(OC(F)(F)F)cc2)CC1. The maximum absolute atomic E-state index is 12.4. The zero-order valence-electron chi connectivity index (χ0n) is 23.3. The fraction of sp³-hybridized carbons (Fsp3) is 0.607. The van der Waals surface area contributed by atoms with Crippen molar-refractivity contribution in [2.75, 3.05) is 44.2 Å². The maximum atomic E-state index is 12.4. The van der Waals surface area contributed by atoms with Crippen LogP contribution in [0, 0.1) is 6.92 Å². The molecule has 0 radical (unpaired) electrons. The zero-order valence-corrected chi connectivity index (χ0v) is 23.3. The second-order valence-electron chi connectivity index (χ2n) is 10.6. The number of hydrogen-bond donors (Lipinski definition) is 2. The van der Waals surface area contributed by atoms with Crippen LogP contribution in [0.1, 0.15) is 54.9 Å². The molecule has 0 saturated carbocycles. The number of piperazine rings is 1. The summed E-state index contributed by atoms with van der Waals surface area (Å²) in [5.74, 6) is 0.250. The van der Waals surface area contributed by atoms with Crippen molar-refractivity contribution in [2.24, 2.45) is 0 Å². The van der Waals surface area contributed by atoms with E-state index in [-0.39, 0.29) is 36.5 Å². The van der Waals surface area contributed by atoms with Crippen molar-refractivity contribution in [2.45, 2.75) is 71.1 Å². The molecule has 2 aromatic rings. The molecule has 2 aliphatic rings. The van der Waals surface area contributed by atoms with Crippen molar-refractivity contribution >= 4 is 11.7 Å². The fourth-order valence-electron chi connectivity index (χ4n) is 5.76. The van der Waals surface area contributed by atoms with Crippen LogP contribution in [-0.2, 0) is 6.54 Å². The van der Waals surface area contributed by atoms with Crippen LogP contribution < -0.4 is 15.0 Å². The Bertz CT molecular complexity index is 1130. The quantitative estimate of drug-likeness (QED) is 0.479. The first-order valence-electron chi connectivity index (χ1n) is 13.9. The molecule has 40 heavy (non-hydrogen) atoms. The molecule has 0 bridgehead atoms. The van der Waals surface area contributed by atoms with Gasteiger partial charge in [-0.2, -0.15) is 0 Å². The minimum Gasteiger partial charge on any atom is -0.406 e. The lowest BCUT2D eigenvalue weighted by atomic mass is 9.96. The highest BCUT2D eigenvalue weighted by Crippen LogP contribution is 2.30. The van der Waals surface area contributed by atoms with Gasteiger partial charge in [0.15, 0.2) is 0 Å². The Balaban J connectivity index is 1.33. The van der Waals surface area contributed by atoms with E-state index in [0.29, 0.717) is 24.3 Å². The number of ether oxygens (including phenoxy) is 1. The van der Waals surface area contributed by atoms with Crippen molar-refractivity contribution in [3.05, 3.63) is 47.4 Å². The number of benzene rings is 1. The molecule has 1 amide bonds. The highest BCUT2D eigenvalue weighted by atomic mass is 19.4. The van der Waals surface area contributed by atoms with Gasteiger partial charge in [0.1, 0.15) is 17.3 Å². The van der Waals surface area contributed by atoms with E-state index >= 15 is 0 Å². The second-order valence-corrected chi connectivity index (χ2v) is 10.6. The number of piperidine rings is 1. The van der Waals surface area contributed by atoms with E-state index in [9.17, 15) is 18.0 Å². The predicted molar refractivity (Wildman–Crippen MR) is 145 cm³/mol. The van der Waals surface area contributed by atoms with Gasteiger partial charge in [-0.05, 0) is 63.9 Å². The summed E-state index contributed by atoms with van der Waals surface area (Å²) in [6.07, 6.45) is -0.103. The number of alkyl halides is 3. The normalized spacial score (nSPS) is 21.4. The molecule has 2 atom stereocenters. The molecule has 2 fully saturated rings. The Morgan fingerprint density at radius 1 is 1.18 bits per heavy atom. The maximum Gasteiger partial charge on any atom is 0.573 e. The molecule has 12 heteroatoms. The minimum atomic E-state index is -4.68. The van der Waals surface area contributed by atoms with Gasteiger partial charge in [0.05, 0.1) is 18.5 Å². The van der Waals surface area contributed by atoms with Crippen LogP contribution >= 0.6 is 0 Å². The van der Waals surface area contributed by atoms with Gasteiger partial charge in [-0.3, -0.25) is 14.6 Å². The van der Waals surface area contributed by atoms with Crippen molar-refractivity contribution in [1.29, 1.82) is 0 Å². The molecule has 9 nitrogen and oxygen atoms in total. The molecule has 4 rings (SSSR count). The third kappa shape index (κ3) is 7.61. The number of hydrogen-bond acceptors (Lipinski definition) is 8. The molecule has 1 aromatic heterocycles. The van der Waals surface area contributed by atoms with Crippen molar-refractivity contribution in [3.8, 4) is 5.75 Å². The van der Waals surface area contributed by atoms with Gasteiger partial charge in [0, 0.05) is 44.3 Å². The summed E-state index contributed by atoms with van der Waals surface area (Å²) in [6, 6.07) is 7.18. The molecule has 2 N–H and O–H groups in total. The molecular formula is C28H39F3N6O3. The average molecular weight is 565 g/mol. The Labute approximate surface area is 233 Å². The zero-order chi connectivity index (χ0) is 28.9. The van der Waals surface area contributed by atoms with Crippen LogP contribution in [0.3, 0.4) is 0 Å². The van der Waals surface area contributed by atoms with Gasteiger partial charge in [-0.1, -0.05) is 19.1 Å². The van der Waals surface area contributed by atoms with E-state index in [0.717, 1.165) is 56.8 Å². The Morgan fingerprint density at radius 3 is 2.48 bits per heavy atom. The number of aliphatic hydroxyl groups is 1. The Morgan fingerprint density at radius 2 is 1.88 bits per heavy atom. The molecule has 0 unspecified atom stereocenters. The standard InChI is InChI=1S/C28H39F3N6O3/c1-4-22-18-36(26-20(3)34-25(15-33-26)27(39)32-11-14-38)19(2)16-37(22)23-9-12-35(13-10-23)17-21-5-7-24(8-6-21)40-28(29,30)31/h5-8,15,19,22-23,38H,4,9-14,16-18H2,1-3H3,(H,32,39)/t19-,22+/m1/s1. The van der Waals surface area contributed by atoms with Crippen molar-refractivity contribution in [1.82, 2.24) is 25.1 Å². The molecular weight excluding hydrogens is 525 g/mol. The average Bonchev–Trinajstić information content (AvgIpc) is 2.92. The summed E-state index contributed by atoms with van der Waals surface area (Å²) in [5.41, 5.74) is 1.92. The van der Waals surface area contributed by atoms with E-state index in [1.165, 1.54) is 18.3 Å². The number of aromatic nitrogens is 2. The van der Waals surface area contributed by atoms with Crippen molar-refractivity contribution < 1.29 is 27.8 Å². The van der Waals surface area contributed by atoms with Gasteiger partial charge in [0.25, 0.3) is 5.91 Å².